The molecule has 120 valence electrons. The smallest absolute Gasteiger partial charge is 0.226 e. The number of hydrogen-bond donors (Lipinski definition) is 1. The Hall–Kier alpha value is -1.07. The van der Waals surface area contributed by atoms with E-state index in [0.717, 1.165) is 48.4 Å². The second-order valence-electron chi connectivity index (χ2n) is 5.60. The van der Waals surface area contributed by atoms with E-state index in [4.69, 9.17) is 16.0 Å². The predicted octanol–water partition coefficient (Wildman–Crippen LogP) is 3.46. The fourth-order valence-electron chi connectivity index (χ4n) is 2.85. The molecule has 2 heterocycles. The van der Waals surface area contributed by atoms with Gasteiger partial charge in [0.2, 0.25) is 5.89 Å². The monoisotopic (exact) mass is 341 g/mol. The molecule has 1 atom stereocenters. The summed E-state index contributed by atoms with van der Waals surface area (Å²) in [6, 6.07) is 7.56. The first kappa shape index (κ1) is 17.3. The molecule has 1 fully saturated rings. The maximum absolute atomic E-state index is 5.89. The Labute approximate surface area is 142 Å². The van der Waals surface area contributed by atoms with Gasteiger partial charge in [0.25, 0.3) is 0 Å². The van der Waals surface area contributed by atoms with E-state index in [0.29, 0.717) is 5.89 Å². The van der Waals surface area contributed by atoms with Crippen LogP contribution in [-0.2, 0) is 6.54 Å². The third-order valence-corrected chi connectivity index (χ3v) is 4.14. The third-order valence-electron chi connectivity index (χ3n) is 3.89. The number of nitrogens with zero attached hydrogens (tertiary/aromatic N) is 2. The molecule has 1 aliphatic rings. The number of rotatable bonds is 5. The predicted molar refractivity (Wildman–Crippen MR) is 91.5 cm³/mol. The van der Waals surface area contributed by atoms with Crippen LogP contribution in [0.25, 0.3) is 11.5 Å². The molecule has 4 nitrogen and oxygen atoms in total. The van der Waals surface area contributed by atoms with Gasteiger partial charge in [-0.2, -0.15) is 0 Å². The number of aromatic nitrogens is 1. The molecule has 2 aromatic rings. The second kappa shape index (κ2) is 7.97. The van der Waals surface area contributed by atoms with Crippen molar-refractivity contribution < 1.29 is 4.42 Å². The molecule has 1 aliphatic heterocycles. The van der Waals surface area contributed by atoms with Gasteiger partial charge in [-0.05, 0) is 56.7 Å². The SMILES string of the molecule is CNCC1CCN(Cc2coc(-c3ccc(Cl)cc3)n2)C1.Cl. The summed E-state index contributed by atoms with van der Waals surface area (Å²) in [5.41, 5.74) is 1.95. The van der Waals surface area contributed by atoms with Crippen molar-refractivity contribution in [2.45, 2.75) is 13.0 Å². The lowest BCUT2D eigenvalue weighted by Gasteiger charge is -2.13. The van der Waals surface area contributed by atoms with Crippen molar-refractivity contribution in [3.05, 3.63) is 41.2 Å². The van der Waals surface area contributed by atoms with Crippen molar-refractivity contribution in [2.24, 2.45) is 5.92 Å². The van der Waals surface area contributed by atoms with E-state index in [2.05, 4.69) is 15.2 Å². The van der Waals surface area contributed by atoms with Gasteiger partial charge in [0.15, 0.2) is 0 Å². The molecule has 0 aliphatic carbocycles. The van der Waals surface area contributed by atoms with Crippen LogP contribution in [0.2, 0.25) is 5.02 Å². The minimum atomic E-state index is 0. The number of nitrogens with one attached hydrogen (secondary N) is 1. The van der Waals surface area contributed by atoms with Crippen LogP contribution in [0.1, 0.15) is 12.1 Å². The van der Waals surface area contributed by atoms with Crippen LogP contribution in [0.4, 0.5) is 0 Å². The molecule has 1 unspecified atom stereocenters. The van der Waals surface area contributed by atoms with Gasteiger partial charge in [-0.1, -0.05) is 11.6 Å². The summed E-state index contributed by atoms with van der Waals surface area (Å²) in [6.45, 7) is 4.21. The summed E-state index contributed by atoms with van der Waals surface area (Å²) in [5.74, 6) is 1.41. The second-order valence-corrected chi connectivity index (χ2v) is 6.03. The number of hydrogen-bond acceptors (Lipinski definition) is 4. The molecule has 1 aromatic carbocycles. The first-order valence-corrected chi connectivity index (χ1v) is 7.69. The lowest BCUT2D eigenvalue weighted by molar-refractivity contribution is 0.311. The Morgan fingerprint density at radius 1 is 1.36 bits per heavy atom. The van der Waals surface area contributed by atoms with Crippen molar-refractivity contribution in [2.75, 3.05) is 26.7 Å². The van der Waals surface area contributed by atoms with E-state index < -0.39 is 0 Å². The van der Waals surface area contributed by atoms with Gasteiger partial charge in [-0.3, -0.25) is 4.90 Å². The van der Waals surface area contributed by atoms with Crippen LogP contribution in [0.15, 0.2) is 34.9 Å². The van der Waals surface area contributed by atoms with E-state index in [1.54, 1.807) is 6.26 Å². The summed E-state index contributed by atoms with van der Waals surface area (Å²) in [7, 11) is 2.01. The molecule has 22 heavy (non-hydrogen) atoms. The van der Waals surface area contributed by atoms with Crippen LogP contribution >= 0.6 is 24.0 Å². The Bertz CT molecular complexity index is 585. The summed E-state index contributed by atoms with van der Waals surface area (Å²) in [4.78, 5) is 7.01. The highest BCUT2D eigenvalue weighted by Gasteiger charge is 2.22. The molecule has 0 bridgehead atoms. The fraction of sp³-hybridized carbons (Fsp3) is 0.438. The zero-order valence-electron chi connectivity index (χ0n) is 12.6. The van der Waals surface area contributed by atoms with E-state index in [1.165, 1.54) is 6.42 Å². The molecule has 0 saturated carbocycles. The van der Waals surface area contributed by atoms with Crippen molar-refractivity contribution in [1.82, 2.24) is 15.2 Å². The van der Waals surface area contributed by atoms with Gasteiger partial charge in [0.1, 0.15) is 6.26 Å². The Morgan fingerprint density at radius 3 is 2.86 bits per heavy atom. The summed E-state index contributed by atoms with van der Waals surface area (Å²) >= 11 is 5.89. The summed E-state index contributed by atoms with van der Waals surface area (Å²) < 4.78 is 5.58. The minimum Gasteiger partial charge on any atom is -0.444 e. The number of oxazole rings is 1. The quantitative estimate of drug-likeness (QED) is 0.904. The maximum atomic E-state index is 5.89. The molecule has 3 rings (SSSR count). The third kappa shape index (κ3) is 4.23. The Balaban J connectivity index is 0.00000176. The lowest BCUT2D eigenvalue weighted by Crippen LogP contribution is -2.24. The average Bonchev–Trinajstić information content (AvgIpc) is 3.11. The molecule has 1 saturated heterocycles. The maximum Gasteiger partial charge on any atom is 0.226 e. The highest BCUT2D eigenvalue weighted by Crippen LogP contribution is 2.23. The number of benzene rings is 1. The molecule has 0 radical (unpaired) electrons. The van der Waals surface area contributed by atoms with Crippen LogP contribution in [0, 0.1) is 5.92 Å². The zero-order valence-corrected chi connectivity index (χ0v) is 14.2. The van der Waals surface area contributed by atoms with Crippen molar-refractivity contribution in [1.29, 1.82) is 0 Å². The highest BCUT2D eigenvalue weighted by atomic mass is 35.5. The molecule has 1 aromatic heterocycles. The van der Waals surface area contributed by atoms with E-state index in [9.17, 15) is 0 Å². The first-order valence-electron chi connectivity index (χ1n) is 7.32. The number of likely N-dealkylation sites (tertiary alicyclic amines) is 1. The molecular formula is C16H21Cl2N3O. The van der Waals surface area contributed by atoms with E-state index in [1.807, 2.05) is 31.3 Å². The van der Waals surface area contributed by atoms with Gasteiger partial charge in [-0.15, -0.1) is 12.4 Å². The topological polar surface area (TPSA) is 41.3 Å². The van der Waals surface area contributed by atoms with Gasteiger partial charge in [0, 0.05) is 23.7 Å². The Kier molecular flexibility index (Phi) is 6.26. The standard InChI is InChI=1S/C16H20ClN3O.ClH/c1-18-8-12-6-7-20(9-12)10-15-11-21-16(19-15)13-2-4-14(17)5-3-13;/h2-5,11-12,18H,6-10H2,1H3;1H. The van der Waals surface area contributed by atoms with Crippen molar-refractivity contribution in [3.63, 3.8) is 0 Å². The van der Waals surface area contributed by atoms with Gasteiger partial charge >= 0.3 is 0 Å². The van der Waals surface area contributed by atoms with Crippen LogP contribution in [-0.4, -0.2) is 36.6 Å². The summed E-state index contributed by atoms with van der Waals surface area (Å²) in [6.07, 6.45) is 3.01. The molecular weight excluding hydrogens is 321 g/mol. The van der Waals surface area contributed by atoms with Crippen LogP contribution in [0.5, 0.6) is 0 Å². The fourth-order valence-corrected chi connectivity index (χ4v) is 2.97. The van der Waals surface area contributed by atoms with Gasteiger partial charge < -0.3 is 9.73 Å². The zero-order chi connectivity index (χ0) is 14.7. The minimum absolute atomic E-state index is 0. The highest BCUT2D eigenvalue weighted by molar-refractivity contribution is 6.30. The molecule has 0 spiro atoms. The lowest BCUT2D eigenvalue weighted by atomic mass is 10.1. The van der Waals surface area contributed by atoms with E-state index >= 15 is 0 Å². The van der Waals surface area contributed by atoms with Crippen molar-refractivity contribution >= 4 is 24.0 Å². The van der Waals surface area contributed by atoms with Crippen molar-refractivity contribution in [3.8, 4) is 11.5 Å². The van der Waals surface area contributed by atoms with Crippen LogP contribution in [0.3, 0.4) is 0 Å². The molecule has 1 N–H and O–H groups in total. The molecule has 6 heteroatoms. The van der Waals surface area contributed by atoms with Gasteiger partial charge in [0.05, 0.1) is 5.69 Å². The Morgan fingerprint density at radius 2 is 2.14 bits per heavy atom. The first-order chi connectivity index (χ1) is 10.2. The largest absolute Gasteiger partial charge is 0.444 e. The summed E-state index contributed by atoms with van der Waals surface area (Å²) in [5, 5.41) is 3.97. The van der Waals surface area contributed by atoms with Crippen LogP contribution < -0.4 is 5.32 Å². The van der Waals surface area contributed by atoms with E-state index in [-0.39, 0.29) is 12.4 Å². The number of halogens is 2. The normalized spacial score (nSPS) is 18.4. The average molecular weight is 342 g/mol. The molecule has 0 amide bonds. The van der Waals surface area contributed by atoms with Gasteiger partial charge in [-0.25, -0.2) is 4.98 Å².